The molecule has 1 aliphatic carbocycles. The van der Waals surface area contributed by atoms with Crippen LogP contribution in [0, 0.1) is 11.3 Å². The molecule has 0 saturated heterocycles. The minimum atomic E-state index is 0.354. The lowest BCUT2D eigenvalue weighted by atomic mass is 9.79. The second kappa shape index (κ2) is 5.53. The summed E-state index contributed by atoms with van der Waals surface area (Å²) in [5.41, 5.74) is 4.72. The molecule has 0 aromatic rings. The van der Waals surface area contributed by atoms with Crippen molar-refractivity contribution in [3.63, 3.8) is 0 Å². The standard InChI is InChI=1S/C13H26N2/c1-13(2,3)10-12(15-14-4)11-8-6-5-7-9-11/h11,14H,5-10H2,1-4H3. The number of hydrogen-bond acceptors (Lipinski definition) is 2. The average molecular weight is 210 g/mol. The van der Waals surface area contributed by atoms with Gasteiger partial charge in [0.1, 0.15) is 0 Å². The lowest BCUT2D eigenvalue weighted by Crippen LogP contribution is -2.25. The van der Waals surface area contributed by atoms with Gasteiger partial charge in [0.05, 0.1) is 0 Å². The van der Waals surface area contributed by atoms with Crippen molar-refractivity contribution in [3.05, 3.63) is 0 Å². The lowest BCUT2D eigenvalue weighted by molar-refractivity contribution is 0.392. The highest BCUT2D eigenvalue weighted by molar-refractivity contribution is 5.87. The molecule has 0 aliphatic heterocycles. The van der Waals surface area contributed by atoms with Gasteiger partial charge in [-0.1, -0.05) is 40.0 Å². The quantitative estimate of drug-likeness (QED) is 0.559. The molecule has 0 spiro atoms. The Morgan fingerprint density at radius 3 is 2.27 bits per heavy atom. The molecule has 0 unspecified atom stereocenters. The summed E-state index contributed by atoms with van der Waals surface area (Å²) in [6.45, 7) is 6.88. The molecule has 15 heavy (non-hydrogen) atoms. The highest BCUT2D eigenvalue weighted by Gasteiger charge is 2.23. The summed E-state index contributed by atoms with van der Waals surface area (Å²) in [4.78, 5) is 0. The van der Waals surface area contributed by atoms with Crippen LogP contribution in [-0.4, -0.2) is 12.8 Å². The molecule has 1 fully saturated rings. The molecular formula is C13H26N2. The van der Waals surface area contributed by atoms with Crippen LogP contribution in [0.25, 0.3) is 0 Å². The summed E-state index contributed by atoms with van der Waals surface area (Å²) in [5, 5.41) is 4.50. The molecule has 88 valence electrons. The molecule has 0 radical (unpaired) electrons. The summed E-state index contributed by atoms with van der Waals surface area (Å²) in [6.07, 6.45) is 8.00. The summed E-state index contributed by atoms with van der Waals surface area (Å²) in [6, 6.07) is 0. The molecule has 0 heterocycles. The Labute approximate surface area is 94.5 Å². The van der Waals surface area contributed by atoms with Gasteiger partial charge in [0.25, 0.3) is 0 Å². The molecule has 1 N–H and O–H groups in total. The fourth-order valence-electron chi connectivity index (χ4n) is 2.40. The van der Waals surface area contributed by atoms with E-state index in [1.54, 1.807) is 0 Å². The maximum atomic E-state index is 4.50. The average Bonchev–Trinajstić information content (AvgIpc) is 2.17. The molecule has 1 rings (SSSR count). The van der Waals surface area contributed by atoms with E-state index in [-0.39, 0.29) is 0 Å². The molecule has 0 amide bonds. The summed E-state index contributed by atoms with van der Waals surface area (Å²) < 4.78 is 0. The van der Waals surface area contributed by atoms with E-state index in [9.17, 15) is 0 Å². The molecule has 1 saturated carbocycles. The lowest BCUT2D eigenvalue weighted by Gasteiger charge is -2.27. The van der Waals surface area contributed by atoms with E-state index in [1.807, 2.05) is 7.05 Å². The third-order valence-electron chi connectivity index (χ3n) is 3.04. The Balaban J connectivity index is 2.60. The van der Waals surface area contributed by atoms with E-state index in [2.05, 4.69) is 31.3 Å². The van der Waals surface area contributed by atoms with Gasteiger partial charge in [0.2, 0.25) is 0 Å². The van der Waals surface area contributed by atoms with Crippen molar-refractivity contribution in [3.8, 4) is 0 Å². The first-order chi connectivity index (χ1) is 7.03. The Morgan fingerprint density at radius 2 is 1.80 bits per heavy atom. The van der Waals surface area contributed by atoms with Crippen LogP contribution in [0.5, 0.6) is 0 Å². The smallest absolute Gasteiger partial charge is 0.0414 e. The molecule has 2 nitrogen and oxygen atoms in total. The first-order valence-electron chi connectivity index (χ1n) is 6.26. The van der Waals surface area contributed by atoms with Crippen molar-refractivity contribution in [2.45, 2.75) is 59.3 Å². The third-order valence-corrected chi connectivity index (χ3v) is 3.04. The van der Waals surface area contributed by atoms with Gasteiger partial charge in [-0.25, -0.2) is 0 Å². The van der Waals surface area contributed by atoms with Crippen LogP contribution < -0.4 is 5.43 Å². The molecule has 0 atom stereocenters. The van der Waals surface area contributed by atoms with Crippen LogP contribution >= 0.6 is 0 Å². The van der Waals surface area contributed by atoms with Gasteiger partial charge in [0, 0.05) is 12.8 Å². The summed E-state index contributed by atoms with van der Waals surface area (Å²) in [5.74, 6) is 0.741. The van der Waals surface area contributed by atoms with Gasteiger partial charge >= 0.3 is 0 Å². The number of nitrogens with zero attached hydrogens (tertiary/aromatic N) is 1. The first-order valence-corrected chi connectivity index (χ1v) is 6.26. The van der Waals surface area contributed by atoms with E-state index in [1.165, 1.54) is 37.8 Å². The van der Waals surface area contributed by atoms with Crippen molar-refractivity contribution in [2.24, 2.45) is 16.4 Å². The van der Waals surface area contributed by atoms with E-state index >= 15 is 0 Å². The number of rotatable bonds is 3. The van der Waals surface area contributed by atoms with Crippen LogP contribution in [0.2, 0.25) is 0 Å². The maximum absolute atomic E-state index is 4.50. The van der Waals surface area contributed by atoms with Gasteiger partial charge in [-0.2, -0.15) is 5.10 Å². The molecule has 0 aromatic carbocycles. The molecule has 0 aromatic heterocycles. The first kappa shape index (κ1) is 12.5. The predicted octanol–water partition coefficient (Wildman–Crippen LogP) is 3.58. The van der Waals surface area contributed by atoms with E-state index in [4.69, 9.17) is 0 Å². The van der Waals surface area contributed by atoms with Gasteiger partial charge in [-0.05, 0) is 30.6 Å². The van der Waals surface area contributed by atoms with Crippen LogP contribution in [0.15, 0.2) is 5.10 Å². The maximum Gasteiger partial charge on any atom is 0.0414 e. The van der Waals surface area contributed by atoms with E-state index < -0.39 is 0 Å². The summed E-state index contributed by atoms with van der Waals surface area (Å²) >= 11 is 0. The van der Waals surface area contributed by atoms with Gasteiger partial charge in [-0.3, -0.25) is 0 Å². The minimum Gasteiger partial charge on any atom is -0.313 e. The topological polar surface area (TPSA) is 24.4 Å². The van der Waals surface area contributed by atoms with E-state index in [0.717, 1.165) is 12.3 Å². The zero-order chi connectivity index (χ0) is 11.3. The van der Waals surface area contributed by atoms with Crippen molar-refractivity contribution >= 4 is 5.71 Å². The van der Waals surface area contributed by atoms with Crippen molar-refractivity contribution in [1.29, 1.82) is 0 Å². The van der Waals surface area contributed by atoms with Crippen LogP contribution in [0.3, 0.4) is 0 Å². The van der Waals surface area contributed by atoms with Gasteiger partial charge in [-0.15, -0.1) is 0 Å². The molecular weight excluding hydrogens is 184 g/mol. The van der Waals surface area contributed by atoms with Crippen molar-refractivity contribution in [1.82, 2.24) is 5.43 Å². The largest absolute Gasteiger partial charge is 0.313 e. The number of hydrazone groups is 1. The Hall–Kier alpha value is -0.530. The van der Waals surface area contributed by atoms with Crippen LogP contribution in [0.4, 0.5) is 0 Å². The Bertz CT molecular complexity index is 207. The SMILES string of the molecule is CNN=C(CC(C)(C)C)C1CCCCC1. The van der Waals surface area contributed by atoms with Crippen molar-refractivity contribution in [2.75, 3.05) is 7.05 Å². The fraction of sp³-hybridized carbons (Fsp3) is 0.923. The van der Waals surface area contributed by atoms with E-state index in [0.29, 0.717) is 5.41 Å². The second-order valence-corrected chi connectivity index (χ2v) is 5.90. The monoisotopic (exact) mass is 210 g/mol. The van der Waals surface area contributed by atoms with Gasteiger partial charge in [0.15, 0.2) is 0 Å². The number of nitrogens with one attached hydrogen (secondary N) is 1. The zero-order valence-electron chi connectivity index (χ0n) is 10.8. The third kappa shape index (κ3) is 4.67. The number of hydrogen-bond donors (Lipinski definition) is 1. The highest BCUT2D eigenvalue weighted by Crippen LogP contribution is 2.30. The van der Waals surface area contributed by atoms with Gasteiger partial charge < -0.3 is 5.43 Å². The molecule has 2 heteroatoms. The Kier molecular flexibility index (Phi) is 4.62. The molecule has 1 aliphatic rings. The Morgan fingerprint density at radius 1 is 1.20 bits per heavy atom. The molecule has 0 bridgehead atoms. The normalized spacial score (nSPS) is 20.4. The highest BCUT2D eigenvalue weighted by atomic mass is 15.3. The minimum absolute atomic E-state index is 0.354. The zero-order valence-corrected chi connectivity index (χ0v) is 10.8. The second-order valence-electron chi connectivity index (χ2n) is 5.90. The predicted molar refractivity (Wildman–Crippen MR) is 67.1 cm³/mol. The van der Waals surface area contributed by atoms with Crippen LogP contribution in [0.1, 0.15) is 59.3 Å². The van der Waals surface area contributed by atoms with Crippen molar-refractivity contribution < 1.29 is 0 Å². The fourth-order valence-corrected chi connectivity index (χ4v) is 2.40. The summed E-state index contributed by atoms with van der Waals surface area (Å²) in [7, 11) is 1.91. The van der Waals surface area contributed by atoms with Crippen LogP contribution in [-0.2, 0) is 0 Å².